The molecule has 232 valence electrons. The molecule has 0 aliphatic carbocycles. The van der Waals surface area contributed by atoms with E-state index in [1.54, 1.807) is 31.7 Å². The highest BCUT2D eigenvalue weighted by atomic mass is 19.4. The Morgan fingerprint density at radius 3 is 2.42 bits per heavy atom. The van der Waals surface area contributed by atoms with Gasteiger partial charge in [0.15, 0.2) is 0 Å². The Morgan fingerprint density at radius 2 is 1.79 bits per heavy atom. The largest absolute Gasteiger partial charge is 0.444 e. The van der Waals surface area contributed by atoms with Crippen LogP contribution < -0.4 is 5.32 Å². The molecule has 0 saturated carbocycles. The molecule has 1 saturated heterocycles. The van der Waals surface area contributed by atoms with E-state index >= 15 is 0 Å². The van der Waals surface area contributed by atoms with Crippen molar-refractivity contribution in [1.29, 1.82) is 0 Å². The van der Waals surface area contributed by atoms with E-state index in [0.29, 0.717) is 19.4 Å². The zero-order chi connectivity index (χ0) is 31.4. The van der Waals surface area contributed by atoms with Crippen molar-refractivity contribution in [1.82, 2.24) is 20.4 Å². The van der Waals surface area contributed by atoms with Gasteiger partial charge in [-0.1, -0.05) is 61.5 Å². The first-order chi connectivity index (χ1) is 20.2. The van der Waals surface area contributed by atoms with Gasteiger partial charge in [-0.2, -0.15) is 18.2 Å². The van der Waals surface area contributed by atoms with Crippen molar-refractivity contribution >= 4 is 6.09 Å². The molecule has 4 rings (SSSR count). The molecule has 1 fully saturated rings. The van der Waals surface area contributed by atoms with Gasteiger partial charge in [-0.25, -0.2) is 4.79 Å². The number of hydrogen-bond donors (Lipinski definition) is 2. The number of benzene rings is 2. The van der Waals surface area contributed by atoms with Gasteiger partial charge in [0.25, 0.3) is 5.89 Å². The molecular weight excluding hydrogens is 561 g/mol. The summed E-state index contributed by atoms with van der Waals surface area (Å²) in [6.45, 7) is 11.5. The lowest BCUT2D eigenvalue weighted by Crippen LogP contribution is -2.38. The van der Waals surface area contributed by atoms with Gasteiger partial charge in [-0.3, -0.25) is 5.32 Å². The van der Waals surface area contributed by atoms with E-state index in [4.69, 9.17) is 9.26 Å². The number of likely N-dealkylation sites (tertiary alicyclic amines) is 1. The molecule has 2 N–H and O–H groups in total. The van der Waals surface area contributed by atoms with Crippen LogP contribution in [-0.2, 0) is 30.2 Å². The second-order valence-electron chi connectivity index (χ2n) is 11.8. The Hall–Kier alpha value is -3.86. The first-order valence-electron chi connectivity index (χ1n) is 14.5. The molecule has 0 spiro atoms. The Labute approximate surface area is 249 Å². The number of ether oxygens (including phenoxy) is 1. The number of alkyl halides is 3. The number of rotatable bonds is 10. The number of carbonyl (C=O) groups is 1. The number of aliphatic hydroxyl groups excluding tert-OH is 1. The number of aromatic nitrogens is 2. The van der Waals surface area contributed by atoms with Crippen LogP contribution in [0.2, 0.25) is 0 Å². The Bertz CT molecular complexity index is 1410. The van der Waals surface area contributed by atoms with Crippen LogP contribution >= 0.6 is 0 Å². The third-order valence-corrected chi connectivity index (χ3v) is 7.25. The first-order valence-corrected chi connectivity index (χ1v) is 14.5. The van der Waals surface area contributed by atoms with Gasteiger partial charge < -0.3 is 19.3 Å². The van der Waals surface area contributed by atoms with Crippen LogP contribution in [0.15, 0.2) is 59.4 Å². The summed E-state index contributed by atoms with van der Waals surface area (Å²) in [6.07, 6.45) is -2.01. The van der Waals surface area contributed by atoms with E-state index < -0.39 is 35.6 Å². The summed E-state index contributed by atoms with van der Waals surface area (Å²) in [4.78, 5) is 18.1. The van der Waals surface area contributed by atoms with Crippen LogP contribution in [0, 0.1) is 0 Å². The van der Waals surface area contributed by atoms with Crippen molar-refractivity contribution in [2.45, 2.75) is 90.1 Å². The molecule has 3 aromatic rings. The normalized spacial score (nSPS) is 17.3. The summed E-state index contributed by atoms with van der Waals surface area (Å²) < 4.78 is 53.1. The van der Waals surface area contributed by atoms with E-state index in [0.717, 1.165) is 30.9 Å². The molecule has 1 aliphatic heterocycles. The number of carbonyl (C=O) groups excluding carboxylic acids is 1. The highest BCUT2D eigenvalue weighted by molar-refractivity contribution is 5.69. The van der Waals surface area contributed by atoms with Crippen molar-refractivity contribution in [3.05, 3.63) is 83.0 Å². The second-order valence-corrected chi connectivity index (χ2v) is 11.8. The SMILES string of the molecule is C=C(NC(=O)OC(C)(C)C)N1CC[C@H](O)[C@H]1c1nc(-c2ccc(CCc3ccc(CCCC)cc3)c(C(F)(F)F)c2)no1. The lowest BCUT2D eigenvalue weighted by molar-refractivity contribution is -0.138. The van der Waals surface area contributed by atoms with Crippen molar-refractivity contribution in [3.63, 3.8) is 0 Å². The van der Waals surface area contributed by atoms with Gasteiger partial charge in [0.2, 0.25) is 5.82 Å². The van der Waals surface area contributed by atoms with Crippen LogP contribution in [0.3, 0.4) is 0 Å². The summed E-state index contributed by atoms with van der Waals surface area (Å²) in [5.74, 6) is 0.112. The molecule has 43 heavy (non-hydrogen) atoms. The minimum atomic E-state index is -4.58. The van der Waals surface area contributed by atoms with Crippen LogP contribution in [-0.4, -0.2) is 44.5 Å². The van der Waals surface area contributed by atoms with Gasteiger partial charge >= 0.3 is 12.3 Å². The lowest BCUT2D eigenvalue weighted by Gasteiger charge is -2.28. The van der Waals surface area contributed by atoms with E-state index in [1.165, 1.54) is 11.6 Å². The minimum absolute atomic E-state index is 0.00726. The summed E-state index contributed by atoms with van der Waals surface area (Å²) in [7, 11) is 0. The zero-order valence-corrected chi connectivity index (χ0v) is 25.0. The number of aliphatic hydroxyl groups is 1. The van der Waals surface area contributed by atoms with Crippen molar-refractivity contribution in [3.8, 4) is 11.4 Å². The van der Waals surface area contributed by atoms with Crippen LogP contribution in [0.4, 0.5) is 18.0 Å². The Kier molecular flexibility index (Phi) is 9.84. The number of hydrogen-bond acceptors (Lipinski definition) is 7. The number of amides is 1. The smallest absolute Gasteiger partial charge is 0.416 e. The molecule has 2 atom stereocenters. The third kappa shape index (κ3) is 8.37. The molecule has 0 bridgehead atoms. The number of halogens is 3. The van der Waals surface area contributed by atoms with E-state index in [9.17, 15) is 23.1 Å². The maximum Gasteiger partial charge on any atom is 0.416 e. The maximum atomic E-state index is 14.1. The van der Waals surface area contributed by atoms with Gasteiger partial charge in [0, 0.05) is 12.1 Å². The predicted octanol–water partition coefficient (Wildman–Crippen LogP) is 6.99. The number of nitrogens with zero attached hydrogens (tertiary/aromatic N) is 3. The second kappa shape index (κ2) is 13.2. The predicted molar refractivity (Wildman–Crippen MR) is 156 cm³/mol. The fourth-order valence-electron chi connectivity index (χ4n) is 5.07. The standard InChI is InChI=1S/C32H39F3N4O4/c1-6-7-8-21-9-11-22(12-10-21)13-14-23-15-16-24(19-25(23)32(33,34)35)28-37-29(43-38-28)27-26(40)17-18-39(27)20(2)36-30(41)42-31(3,4)5/h9-12,15-16,19,26-27,40H,2,6-8,13-14,17-18H2,1,3-5H3,(H,36,41)/t26-,27-/m0/s1. The quantitative estimate of drug-likeness (QED) is 0.259. The average molecular weight is 601 g/mol. The maximum absolute atomic E-state index is 14.1. The van der Waals surface area contributed by atoms with Crippen LogP contribution in [0.5, 0.6) is 0 Å². The molecule has 0 unspecified atom stereocenters. The van der Waals surface area contributed by atoms with Gasteiger partial charge in [-0.05, 0) is 75.6 Å². The van der Waals surface area contributed by atoms with Crippen LogP contribution in [0.25, 0.3) is 11.4 Å². The van der Waals surface area contributed by atoms with Gasteiger partial charge in [-0.15, -0.1) is 0 Å². The average Bonchev–Trinajstić information content (AvgIpc) is 3.56. The van der Waals surface area contributed by atoms with Crippen molar-refractivity contribution in [2.75, 3.05) is 6.54 Å². The summed E-state index contributed by atoms with van der Waals surface area (Å²) in [6, 6.07) is 11.2. The zero-order valence-electron chi connectivity index (χ0n) is 25.0. The highest BCUT2D eigenvalue weighted by Crippen LogP contribution is 2.37. The van der Waals surface area contributed by atoms with E-state index in [1.807, 2.05) is 24.3 Å². The van der Waals surface area contributed by atoms with Gasteiger partial charge in [0.1, 0.15) is 17.5 Å². The number of nitrogens with one attached hydrogen (secondary N) is 1. The minimum Gasteiger partial charge on any atom is -0.444 e. The van der Waals surface area contributed by atoms with Gasteiger partial charge in [0.05, 0.1) is 11.7 Å². The highest BCUT2D eigenvalue weighted by Gasteiger charge is 2.40. The monoisotopic (exact) mass is 600 g/mol. The Morgan fingerprint density at radius 1 is 1.12 bits per heavy atom. The molecule has 1 amide bonds. The molecule has 2 aromatic carbocycles. The summed E-state index contributed by atoms with van der Waals surface area (Å²) in [5, 5.41) is 17.1. The molecule has 0 radical (unpaired) electrons. The Balaban J connectivity index is 1.50. The van der Waals surface area contributed by atoms with E-state index in [-0.39, 0.29) is 35.1 Å². The molecule has 8 nitrogen and oxygen atoms in total. The fourth-order valence-corrected chi connectivity index (χ4v) is 5.07. The third-order valence-electron chi connectivity index (χ3n) is 7.25. The summed E-state index contributed by atoms with van der Waals surface area (Å²) >= 11 is 0. The van der Waals surface area contributed by atoms with Crippen molar-refractivity contribution < 1.29 is 32.3 Å². The number of alkyl carbamates (subject to hydrolysis) is 1. The molecule has 2 heterocycles. The van der Waals surface area contributed by atoms with E-state index in [2.05, 4.69) is 29.0 Å². The summed E-state index contributed by atoms with van der Waals surface area (Å²) in [5.41, 5.74) is 1.03. The number of aryl methyl sites for hydroxylation is 3. The first kappa shape index (κ1) is 32.1. The lowest BCUT2D eigenvalue weighted by atomic mass is 9.96. The number of unbranched alkanes of at least 4 members (excludes halogenated alkanes) is 1. The van der Waals surface area contributed by atoms with Crippen molar-refractivity contribution in [2.24, 2.45) is 0 Å². The topological polar surface area (TPSA) is 101 Å². The molecule has 1 aliphatic rings. The molecule has 11 heteroatoms. The molecule has 1 aromatic heterocycles. The van der Waals surface area contributed by atoms with Crippen LogP contribution in [0.1, 0.15) is 81.1 Å². The molecular formula is C32H39F3N4O4. The fraction of sp³-hybridized carbons (Fsp3) is 0.469.